The number of aromatic nitrogens is 1. The van der Waals surface area contributed by atoms with E-state index in [-0.39, 0.29) is 11.8 Å². The molecule has 20 heavy (non-hydrogen) atoms. The Kier molecular flexibility index (Phi) is 4.08. The summed E-state index contributed by atoms with van der Waals surface area (Å²) in [6.45, 7) is 3.85. The lowest BCUT2D eigenvalue weighted by molar-refractivity contribution is -0.139. The smallest absolute Gasteiger partial charge is 0.326 e. The zero-order chi connectivity index (χ0) is 14.7. The van der Waals surface area contributed by atoms with Gasteiger partial charge in [0.05, 0.1) is 11.1 Å². The molecule has 0 bridgehead atoms. The van der Waals surface area contributed by atoms with Gasteiger partial charge >= 0.3 is 5.97 Å². The summed E-state index contributed by atoms with van der Waals surface area (Å²) in [7, 11) is 0. The van der Waals surface area contributed by atoms with Gasteiger partial charge in [0.15, 0.2) is 0 Å². The summed E-state index contributed by atoms with van der Waals surface area (Å²) < 4.78 is 0. The Morgan fingerprint density at radius 2 is 2.05 bits per heavy atom. The fourth-order valence-electron chi connectivity index (χ4n) is 2.20. The van der Waals surface area contributed by atoms with Gasteiger partial charge in [0, 0.05) is 11.6 Å². The van der Waals surface area contributed by atoms with Crippen molar-refractivity contribution in [2.75, 3.05) is 0 Å². The van der Waals surface area contributed by atoms with Crippen molar-refractivity contribution in [1.82, 2.24) is 10.3 Å². The lowest BCUT2D eigenvalue weighted by Crippen LogP contribution is -2.41. The van der Waals surface area contributed by atoms with Crippen LogP contribution in [0.1, 0.15) is 30.6 Å². The molecule has 0 saturated heterocycles. The summed E-state index contributed by atoms with van der Waals surface area (Å²) in [5.74, 6) is -1.19. The van der Waals surface area contributed by atoms with E-state index in [0.717, 1.165) is 10.9 Å². The van der Waals surface area contributed by atoms with Crippen LogP contribution >= 0.6 is 0 Å². The van der Waals surface area contributed by atoms with Crippen molar-refractivity contribution in [1.29, 1.82) is 0 Å². The molecule has 0 aliphatic heterocycles. The van der Waals surface area contributed by atoms with E-state index >= 15 is 0 Å². The summed E-state index contributed by atoms with van der Waals surface area (Å²) in [6, 6.07) is 6.36. The number of rotatable bonds is 5. The zero-order valence-electron chi connectivity index (χ0n) is 11.5. The normalized spacial score (nSPS) is 12.6. The molecule has 0 saturated carbocycles. The number of aliphatic carboxylic acids is 1. The first-order chi connectivity index (χ1) is 9.49. The van der Waals surface area contributed by atoms with E-state index < -0.39 is 12.0 Å². The average molecular weight is 274 g/mol. The monoisotopic (exact) mass is 274 g/mol. The second-order valence-corrected chi connectivity index (χ2v) is 5.24. The van der Waals surface area contributed by atoms with Crippen molar-refractivity contribution in [3.05, 3.63) is 36.0 Å². The number of para-hydroxylation sites is 1. The van der Waals surface area contributed by atoms with E-state index in [2.05, 4.69) is 10.3 Å². The van der Waals surface area contributed by atoms with Crippen LogP contribution in [0.25, 0.3) is 10.9 Å². The molecule has 1 atom stereocenters. The molecule has 0 unspecified atom stereocenters. The van der Waals surface area contributed by atoms with Gasteiger partial charge in [0.1, 0.15) is 6.04 Å². The molecule has 0 aliphatic rings. The Morgan fingerprint density at radius 3 is 2.70 bits per heavy atom. The highest BCUT2D eigenvalue weighted by Crippen LogP contribution is 2.17. The molecule has 0 radical (unpaired) electrons. The van der Waals surface area contributed by atoms with Crippen LogP contribution in [0, 0.1) is 5.92 Å². The maximum atomic E-state index is 12.3. The van der Waals surface area contributed by atoms with Crippen molar-refractivity contribution < 1.29 is 14.7 Å². The fraction of sp³-hybridized carbons (Fsp3) is 0.333. The van der Waals surface area contributed by atoms with Crippen LogP contribution in [-0.2, 0) is 4.79 Å². The van der Waals surface area contributed by atoms with Gasteiger partial charge in [-0.3, -0.25) is 4.79 Å². The lowest BCUT2D eigenvalue weighted by Gasteiger charge is -2.16. The number of hydrogen-bond donors (Lipinski definition) is 3. The molecule has 2 aromatic rings. The van der Waals surface area contributed by atoms with Crippen molar-refractivity contribution in [3.8, 4) is 0 Å². The molecule has 0 aliphatic carbocycles. The van der Waals surface area contributed by atoms with E-state index in [1.54, 1.807) is 18.3 Å². The predicted molar refractivity (Wildman–Crippen MR) is 76.6 cm³/mol. The molecular weight excluding hydrogens is 256 g/mol. The van der Waals surface area contributed by atoms with Gasteiger partial charge in [-0.15, -0.1) is 0 Å². The number of aromatic amines is 1. The Morgan fingerprint density at radius 1 is 1.30 bits per heavy atom. The standard InChI is InChI=1S/C15H18N2O3/c1-9(2)8-12(15(19)20)17-14(18)11-5-3-4-10-6-7-16-13(10)11/h3-7,9,12,16H,8H2,1-2H3,(H,17,18)(H,19,20)/t12-/m1/s1. The molecule has 5 nitrogen and oxygen atoms in total. The Balaban J connectivity index is 2.22. The fourth-order valence-corrected chi connectivity index (χ4v) is 2.20. The highest BCUT2D eigenvalue weighted by molar-refractivity contribution is 6.06. The second kappa shape index (κ2) is 5.77. The number of carboxylic acid groups (broad SMARTS) is 1. The topological polar surface area (TPSA) is 82.2 Å². The third-order valence-electron chi connectivity index (χ3n) is 3.14. The molecular formula is C15H18N2O3. The van der Waals surface area contributed by atoms with Crippen molar-refractivity contribution in [3.63, 3.8) is 0 Å². The van der Waals surface area contributed by atoms with E-state index in [1.165, 1.54) is 0 Å². The predicted octanol–water partition coefficient (Wildman–Crippen LogP) is 2.40. The molecule has 2 rings (SSSR count). The number of carbonyl (C=O) groups is 2. The molecule has 5 heteroatoms. The Bertz CT molecular complexity index is 631. The van der Waals surface area contributed by atoms with Gasteiger partial charge in [-0.2, -0.15) is 0 Å². The summed E-state index contributed by atoms with van der Waals surface area (Å²) in [5, 5.41) is 12.7. The molecule has 1 aromatic carbocycles. The summed E-state index contributed by atoms with van der Waals surface area (Å²) in [6.07, 6.45) is 2.16. The van der Waals surface area contributed by atoms with Gasteiger partial charge in [-0.25, -0.2) is 4.79 Å². The van der Waals surface area contributed by atoms with Crippen molar-refractivity contribution in [2.24, 2.45) is 5.92 Å². The van der Waals surface area contributed by atoms with Crippen LogP contribution in [0.2, 0.25) is 0 Å². The number of carboxylic acids is 1. The number of amides is 1. The van der Waals surface area contributed by atoms with Gasteiger partial charge < -0.3 is 15.4 Å². The number of fused-ring (bicyclic) bond motifs is 1. The van der Waals surface area contributed by atoms with E-state index in [0.29, 0.717) is 12.0 Å². The SMILES string of the molecule is CC(C)C[C@@H](NC(=O)c1cccc2cc[nH]c12)C(=O)O. The molecule has 1 heterocycles. The van der Waals surface area contributed by atoms with E-state index in [4.69, 9.17) is 5.11 Å². The zero-order valence-corrected chi connectivity index (χ0v) is 11.5. The third kappa shape index (κ3) is 2.99. The lowest BCUT2D eigenvalue weighted by atomic mass is 10.0. The van der Waals surface area contributed by atoms with Crippen LogP contribution in [0.15, 0.2) is 30.5 Å². The quantitative estimate of drug-likeness (QED) is 0.783. The number of benzene rings is 1. The number of carbonyl (C=O) groups excluding carboxylic acids is 1. The van der Waals surface area contributed by atoms with Gasteiger partial charge in [0.2, 0.25) is 0 Å². The van der Waals surface area contributed by atoms with Crippen LogP contribution in [0.3, 0.4) is 0 Å². The Hall–Kier alpha value is -2.30. The molecule has 0 spiro atoms. The van der Waals surface area contributed by atoms with Crippen molar-refractivity contribution >= 4 is 22.8 Å². The number of hydrogen-bond acceptors (Lipinski definition) is 2. The van der Waals surface area contributed by atoms with Gasteiger partial charge in [-0.1, -0.05) is 26.0 Å². The minimum absolute atomic E-state index is 0.192. The van der Waals surface area contributed by atoms with E-state index in [9.17, 15) is 9.59 Å². The number of H-pyrrole nitrogens is 1. The molecule has 1 aromatic heterocycles. The minimum Gasteiger partial charge on any atom is -0.480 e. The molecule has 106 valence electrons. The van der Waals surface area contributed by atoms with Gasteiger partial charge in [-0.05, 0) is 24.5 Å². The molecule has 0 fully saturated rings. The summed E-state index contributed by atoms with van der Waals surface area (Å²) in [4.78, 5) is 26.5. The summed E-state index contributed by atoms with van der Waals surface area (Å²) >= 11 is 0. The maximum Gasteiger partial charge on any atom is 0.326 e. The number of nitrogens with one attached hydrogen (secondary N) is 2. The Labute approximate surface area is 117 Å². The maximum absolute atomic E-state index is 12.3. The van der Waals surface area contributed by atoms with Crippen LogP contribution in [-0.4, -0.2) is 28.0 Å². The molecule has 3 N–H and O–H groups in total. The second-order valence-electron chi connectivity index (χ2n) is 5.24. The van der Waals surface area contributed by atoms with Crippen molar-refractivity contribution in [2.45, 2.75) is 26.3 Å². The summed E-state index contributed by atoms with van der Waals surface area (Å²) in [5.41, 5.74) is 1.18. The first-order valence-corrected chi connectivity index (χ1v) is 6.59. The first kappa shape index (κ1) is 14.1. The minimum atomic E-state index is -1.01. The van der Waals surface area contributed by atoms with Crippen LogP contribution < -0.4 is 5.32 Å². The molecule has 1 amide bonds. The van der Waals surface area contributed by atoms with Crippen LogP contribution in [0.4, 0.5) is 0 Å². The highest BCUT2D eigenvalue weighted by Gasteiger charge is 2.22. The largest absolute Gasteiger partial charge is 0.480 e. The third-order valence-corrected chi connectivity index (χ3v) is 3.14. The highest BCUT2D eigenvalue weighted by atomic mass is 16.4. The van der Waals surface area contributed by atoms with E-state index in [1.807, 2.05) is 26.0 Å². The van der Waals surface area contributed by atoms with Gasteiger partial charge in [0.25, 0.3) is 5.91 Å². The first-order valence-electron chi connectivity index (χ1n) is 6.59. The average Bonchev–Trinajstić information content (AvgIpc) is 2.84. The van der Waals surface area contributed by atoms with Crippen LogP contribution in [0.5, 0.6) is 0 Å².